The van der Waals surface area contributed by atoms with E-state index in [0.717, 1.165) is 12.0 Å². The lowest BCUT2D eigenvalue weighted by Crippen LogP contribution is -2.26. The molecule has 0 saturated heterocycles. The van der Waals surface area contributed by atoms with Crippen LogP contribution in [0.2, 0.25) is 0 Å². The van der Waals surface area contributed by atoms with Crippen LogP contribution >= 0.6 is 11.3 Å². The molecule has 25 heavy (non-hydrogen) atoms. The first kappa shape index (κ1) is 19.1. The molecule has 2 rings (SSSR count). The zero-order chi connectivity index (χ0) is 18.2. The van der Waals surface area contributed by atoms with Crippen molar-refractivity contribution in [3.8, 4) is 0 Å². The summed E-state index contributed by atoms with van der Waals surface area (Å²) >= 11 is 1.32. The Hall–Kier alpha value is -2.21. The van der Waals surface area contributed by atoms with Crippen molar-refractivity contribution in [2.24, 2.45) is 5.92 Å². The fraction of sp³-hybridized carbons (Fsp3) is 0.421. The molecule has 0 aliphatic rings. The predicted molar refractivity (Wildman–Crippen MR) is 99.7 cm³/mol. The third-order valence-electron chi connectivity index (χ3n) is 4.07. The number of amides is 1. The summed E-state index contributed by atoms with van der Waals surface area (Å²) in [5, 5.41) is 5.18. The molecule has 1 aromatic heterocycles. The van der Waals surface area contributed by atoms with Gasteiger partial charge < -0.3 is 10.1 Å². The fourth-order valence-electron chi connectivity index (χ4n) is 2.62. The van der Waals surface area contributed by atoms with Gasteiger partial charge in [0.15, 0.2) is 5.13 Å². The molecule has 134 valence electrons. The standard InChI is InChI=1S/C19H24N2O3S/c1-4-13(3)17(14-9-7-6-8-10-14)18(23)21-19-20-15(12-25-19)11-16(22)24-5-2/h6-10,12-13,17H,4-5,11H2,1-3H3,(H,20,21,23). The van der Waals surface area contributed by atoms with E-state index in [4.69, 9.17) is 4.74 Å². The summed E-state index contributed by atoms with van der Waals surface area (Å²) < 4.78 is 4.92. The minimum Gasteiger partial charge on any atom is -0.466 e. The molecule has 2 unspecified atom stereocenters. The van der Waals surface area contributed by atoms with Gasteiger partial charge in [0.05, 0.1) is 24.6 Å². The van der Waals surface area contributed by atoms with Gasteiger partial charge in [0, 0.05) is 5.38 Å². The van der Waals surface area contributed by atoms with Gasteiger partial charge in [0.25, 0.3) is 0 Å². The lowest BCUT2D eigenvalue weighted by atomic mass is 9.85. The zero-order valence-electron chi connectivity index (χ0n) is 14.8. The first-order valence-corrected chi connectivity index (χ1v) is 9.38. The highest BCUT2D eigenvalue weighted by Crippen LogP contribution is 2.29. The van der Waals surface area contributed by atoms with Crippen molar-refractivity contribution in [1.29, 1.82) is 0 Å². The van der Waals surface area contributed by atoms with Crippen LogP contribution in [0.15, 0.2) is 35.7 Å². The Kier molecular flexibility index (Phi) is 7.13. The van der Waals surface area contributed by atoms with E-state index < -0.39 is 0 Å². The van der Waals surface area contributed by atoms with Crippen LogP contribution in [0.3, 0.4) is 0 Å². The first-order chi connectivity index (χ1) is 12.0. The number of thiazole rings is 1. The number of esters is 1. The van der Waals surface area contributed by atoms with Gasteiger partial charge in [-0.05, 0) is 18.4 Å². The highest BCUT2D eigenvalue weighted by atomic mass is 32.1. The summed E-state index contributed by atoms with van der Waals surface area (Å²) in [7, 11) is 0. The number of ether oxygens (including phenoxy) is 1. The molecule has 1 N–H and O–H groups in total. The van der Waals surface area contributed by atoms with Gasteiger partial charge in [0.2, 0.25) is 5.91 Å². The summed E-state index contributed by atoms with van der Waals surface area (Å²) in [6, 6.07) is 9.78. The maximum absolute atomic E-state index is 12.8. The molecule has 0 aliphatic heterocycles. The fourth-order valence-corrected chi connectivity index (χ4v) is 3.34. The lowest BCUT2D eigenvalue weighted by molar-refractivity contribution is -0.142. The third-order valence-corrected chi connectivity index (χ3v) is 4.87. The molecule has 1 heterocycles. The number of rotatable bonds is 8. The normalized spacial score (nSPS) is 13.1. The maximum atomic E-state index is 12.8. The number of aromatic nitrogens is 1. The minimum absolute atomic E-state index is 0.0717. The molecule has 1 aromatic carbocycles. The van der Waals surface area contributed by atoms with E-state index in [1.54, 1.807) is 12.3 Å². The number of anilines is 1. The van der Waals surface area contributed by atoms with Gasteiger partial charge in [-0.2, -0.15) is 0 Å². The van der Waals surface area contributed by atoms with E-state index in [0.29, 0.717) is 17.4 Å². The van der Waals surface area contributed by atoms with Crippen LogP contribution in [0.25, 0.3) is 0 Å². The van der Waals surface area contributed by atoms with Crippen LogP contribution in [-0.4, -0.2) is 23.5 Å². The largest absolute Gasteiger partial charge is 0.466 e. The van der Waals surface area contributed by atoms with Gasteiger partial charge in [-0.3, -0.25) is 9.59 Å². The summed E-state index contributed by atoms with van der Waals surface area (Å²) in [5.41, 5.74) is 1.61. The van der Waals surface area contributed by atoms with Crippen molar-refractivity contribution in [3.05, 3.63) is 47.0 Å². The monoisotopic (exact) mass is 360 g/mol. The molecule has 0 aliphatic carbocycles. The van der Waals surface area contributed by atoms with Crippen molar-refractivity contribution in [2.75, 3.05) is 11.9 Å². The quantitative estimate of drug-likeness (QED) is 0.722. The first-order valence-electron chi connectivity index (χ1n) is 8.51. The van der Waals surface area contributed by atoms with Crippen LogP contribution in [-0.2, 0) is 20.7 Å². The Bertz CT molecular complexity index is 700. The molecule has 5 nitrogen and oxygen atoms in total. The van der Waals surface area contributed by atoms with Gasteiger partial charge in [-0.25, -0.2) is 4.98 Å². The van der Waals surface area contributed by atoms with Crippen LogP contribution in [0.5, 0.6) is 0 Å². The summed E-state index contributed by atoms with van der Waals surface area (Å²) in [6.07, 6.45) is 1.02. The van der Waals surface area contributed by atoms with Crippen LogP contribution < -0.4 is 5.32 Å². The molecule has 2 aromatic rings. The zero-order valence-corrected chi connectivity index (χ0v) is 15.6. The molecule has 1 amide bonds. The van der Waals surface area contributed by atoms with E-state index in [1.165, 1.54) is 11.3 Å². The van der Waals surface area contributed by atoms with Gasteiger partial charge in [0.1, 0.15) is 0 Å². The number of nitrogens with one attached hydrogen (secondary N) is 1. The topological polar surface area (TPSA) is 68.3 Å². The summed E-state index contributed by atoms with van der Waals surface area (Å²) in [6.45, 7) is 6.27. The van der Waals surface area contributed by atoms with Crippen molar-refractivity contribution < 1.29 is 14.3 Å². The highest BCUT2D eigenvalue weighted by Gasteiger charge is 2.26. The number of carbonyl (C=O) groups is 2. The predicted octanol–water partition coefficient (Wildman–Crippen LogP) is 4.02. The van der Waals surface area contributed by atoms with E-state index in [9.17, 15) is 9.59 Å². The summed E-state index contributed by atoms with van der Waals surface area (Å²) in [5.74, 6) is -0.407. The number of nitrogens with zero attached hydrogens (tertiary/aromatic N) is 1. The second-order valence-corrected chi connectivity index (χ2v) is 6.75. The molecule has 0 radical (unpaired) electrons. The molecule has 0 bridgehead atoms. The Labute approximate surface area is 152 Å². The number of hydrogen-bond donors (Lipinski definition) is 1. The van der Waals surface area contributed by atoms with E-state index in [1.807, 2.05) is 30.3 Å². The average molecular weight is 360 g/mol. The molecule has 6 heteroatoms. The van der Waals surface area contributed by atoms with Crippen LogP contribution in [0.4, 0.5) is 5.13 Å². The Morgan fingerprint density at radius 1 is 1.24 bits per heavy atom. The molecule has 0 saturated carbocycles. The van der Waals surface area contributed by atoms with Crippen molar-refractivity contribution in [3.63, 3.8) is 0 Å². The molecule has 0 spiro atoms. The van der Waals surface area contributed by atoms with Gasteiger partial charge >= 0.3 is 5.97 Å². The van der Waals surface area contributed by atoms with Crippen LogP contribution in [0, 0.1) is 5.92 Å². The Morgan fingerprint density at radius 2 is 1.96 bits per heavy atom. The number of benzene rings is 1. The van der Waals surface area contributed by atoms with Crippen molar-refractivity contribution in [1.82, 2.24) is 4.98 Å². The minimum atomic E-state index is -0.313. The molecular weight excluding hydrogens is 336 g/mol. The SMILES string of the molecule is CCOC(=O)Cc1csc(NC(=O)C(c2ccccc2)C(C)CC)n1. The second-order valence-electron chi connectivity index (χ2n) is 5.89. The van der Waals surface area contributed by atoms with E-state index >= 15 is 0 Å². The number of hydrogen-bond acceptors (Lipinski definition) is 5. The average Bonchev–Trinajstić information content (AvgIpc) is 3.02. The van der Waals surface area contributed by atoms with Crippen molar-refractivity contribution >= 4 is 28.3 Å². The van der Waals surface area contributed by atoms with Crippen molar-refractivity contribution in [2.45, 2.75) is 39.5 Å². The van der Waals surface area contributed by atoms with Gasteiger partial charge in [-0.15, -0.1) is 11.3 Å². The second kappa shape index (κ2) is 9.32. The smallest absolute Gasteiger partial charge is 0.311 e. The maximum Gasteiger partial charge on any atom is 0.311 e. The van der Waals surface area contributed by atoms with Crippen LogP contribution in [0.1, 0.15) is 44.4 Å². The summed E-state index contributed by atoms with van der Waals surface area (Å²) in [4.78, 5) is 28.7. The number of carbonyl (C=O) groups excluding carboxylic acids is 2. The highest BCUT2D eigenvalue weighted by molar-refractivity contribution is 7.13. The molecular formula is C19H24N2O3S. The third kappa shape index (κ3) is 5.39. The van der Waals surface area contributed by atoms with Gasteiger partial charge in [-0.1, -0.05) is 50.6 Å². The lowest BCUT2D eigenvalue weighted by Gasteiger charge is -2.22. The Balaban J connectivity index is 2.08. The molecule has 2 atom stereocenters. The Morgan fingerprint density at radius 3 is 2.60 bits per heavy atom. The molecule has 0 fully saturated rings. The van der Waals surface area contributed by atoms with E-state index in [-0.39, 0.29) is 30.1 Å². The van der Waals surface area contributed by atoms with E-state index in [2.05, 4.69) is 24.1 Å².